The van der Waals surface area contributed by atoms with Gasteiger partial charge >= 0.3 is 0 Å². The highest BCUT2D eigenvalue weighted by Crippen LogP contribution is 2.19. The van der Waals surface area contributed by atoms with Crippen LogP contribution in [-0.2, 0) is 12.8 Å². The standard InChI is InChI=1S/C16H19FN2S/c1-2-12-3-6-15(19-10-12)9-14(18)11-20-16-7-4-13(17)5-8-16/h3-8,10,14H,2,9,11,18H2,1H3. The lowest BCUT2D eigenvalue weighted by Gasteiger charge is -2.11. The molecule has 2 aromatic rings. The molecule has 0 fully saturated rings. The van der Waals surface area contributed by atoms with Crippen molar-refractivity contribution < 1.29 is 4.39 Å². The maximum absolute atomic E-state index is 12.8. The van der Waals surface area contributed by atoms with Crippen molar-refractivity contribution in [2.75, 3.05) is 5.75 Å². The number of pyridine rings is 1. The summed E-state index contributed by atoms with van der Waals surface area (Å²) in [6.07, 6.45) is 3.67. The van der Waals surface area contributed by atoms with Gasteiger partial charge in [0.15, 0.2) is 0 Å². The van der Waals surface area contributed by atoms with Crippen molar-refractivity contribution in [3.05, 3.63) is 59.7 Å². The van der Waals surface area contributed by atoms with E-state index in [9.17, 15) is 4.39 Å². The van der Waals surface area contributed by atoms with Crippen LogP contribution in [0.25, 0.3) is 0 Å². The average Bonchev–Trinajstić information content (AvgIpc) is 2.47. The van der Waals surface area contributed by atoms with E-state index in [-0.39, 0.29) is 11.9 Å². The summed E-state index contributed by atoms with van der Waals surface area (Å²) in [4.78, 5) is 5.46. The molecular formula is C16H19FN2S. The SMILES string of the molecule is CCc1ccc(CC(N)CSc2ccc(F)cc2)nc1. The van der Waals surface area contributed by atoms with Crippen LogP contribution in [0.1, 0.15) is 18.2 Å². The second kappa shape index (κ2) is 7.41. The zero-order valence-electron chi connectivity index (χ0n) is 11.6. The summed E-state index contributed by atoms with van der Waals surface area (Å²) in [6, 6.07) is 10.7. The number of benzene rings is 1. The predicted molar refractivity (Wildman–Crippen MR) is 82.4 cm³/mol. The van der Waals surface area contributed by atoms with Gasteiger partial charge in [0, 0.05) is 35.0 Å². The molecule has 4 heteroatoms. The predicted octanol–water partition coefficient (Wildman–Crippen LogP) is 3.45. The first-order chi connectivity index (χ1) is 9.67. The number of aromatic nitrogens is 1. The topological polar surface area (TPSA) is 38.9 Å². The van der Waals surface area contributed by atoms with Gasteiger partial charge in [0.2, 0.25) is 0 Å². The van der Waals surface area contributed by atoms with Crippen LogP contribution < -0.4 is 5.73 Å². The minimum absolute atomic E-state index is 0.0463. The summed E-state index contributed by atoms with van der Waals surface area (Å²) in [7, 11) is 0. The van der Waals surface area contributed by atoms with E-state index in [0.29, 0.717) is 0 Å². The Morgan fingerprint density at radius 1 is 1.20 bits per heavy atom. The Morgan fingerprint density at radius 3 is 2.55 bits per heavy atom. The second-order valence-corrected chi connectivity index (χ2v) is 5.83. The molecule has 0 saturated heterocycles. The second-order valence-electron chi connectivity index (χ2n) is 4.74. The zero-order valence-corrected chi connectivity index (χ0v) is 12.4. The molecule has 0 aliphatic heterocycles. The van der Waals surface area contributed by atoms with Gasteiger partial charge in [0.05, 0.1) is 0 Å². The number of halogens is 1. The minimum Gasteiger partial charge on any atom is -0.327 e. The van der Waals surface area contributed by atoms with Crippen molar-refractivity contribution in [3.63, 3.8) is 0 Å². The Kier molecular flexibility index (Phi) is 5.56. The first-order valence-electron chi connectivity index (χ1n) is 6.75. The fraction of sp³-hybridized carbons (Fsp3) is 0.312. The van der Waals surface area contributed by atoms with E-state index in [4.69, 9.17) is 5.73 Å². The fourth-order valence-electron chi connectivity index (χ4n) is 1.85. The van der Waals surface area contributed by atoms with Crippen LogP contribution in [0.3, 0.4) is 0 Å². The molecule has 20 heavy (non-hydrogen) atoms. The molecule has 0 spiro atoms. The molecule has 1 aromatic heterocycles. The molecule has 0 amide bonds. The van der Waals surface area contributed by atoms with Crippen LogP contribution >= 0.6 is 11.8 Å². The molecule has 0 bridgehead atoms. The van der Waals surface area contributed by atoms with E-state index in [1.807, 2.05) is 12.3 Å². The molecule has 1 unspecified atom stereocenters. The number of hydrogen-bond donors (Lipinski definition) is 1. The Morgan fingerprint density at radius 2 is 1.95 bits per heavy atom. The van der Waals surface area contributed by atoms with Crippen molar-refractivity contribution in [3.8, 4) is 0 Å². The average molecular weight is 290 g/mol. The number of thioether (sulfide) groups is 1. The summed E-state index contributed by atoms with van der Waals surface area (Å²) >= 11 is 1.64. The van der Waals surface area contributed by atoms with E-state index >= 15 is 0 Å². The third-order valence-corrected chi connectivity index (χ3v) is 4.24. The number of aryl methyl sites for hydroxylation is 1. The number of nitrogens with zero attached hydrogens (tertiary/aromatic N) is 1. The highest BCUT2D eigenvalue weighted by molar-refractivity contribution is 7.99. The van der Waals surface area contributed by atoms with E-state index in [0.717, 1.165) is 29.2 Å². The van der Waals surface area contributed by atoms with E-state index < -0.39 is 0 Å². The maximum Gasteiger partial charge on any atom is 0.123 e. The van der Waals surface area contributed by atoms with Gasteiger partial charge < -0.3 is 5.73 Å². The van der Waals surface area contributed by atoms with Gasteiger partial charge in [-0.2, -0.15) is 0 Å². The Labute approximate surface area is 123 Å². The smallest absolute Gasteiger partial charge is 0.123 e. The number of nitrogens with two attached hydrogens (primary N) is 1. The van der Waals surface area contributed by atoms with Crippen molar-refractivity contribution in [2.24, 2.45) is 5.73 Å². The normalized spacial score (nSPS) is 12.3. The summed E-state index contributed by atoms with van der Waals surface area (Å²) in [5.74, 6) is 0.585. The Hall–Kier alpha value is -1.39. The van der Waals surface area contributed by atoms with Gasteiger partial charge in [0.1, 0.15) is 5.82 Å². The van der Waals surface area contributed by atoms with Gasteiger partial charge in [-0.15, -0.1) is 11.8 Å². The van der Waals surface area contributed by atoms with Crippen molar-refractivity contribution in [1.29, 1.82) is 0 Å². The first-order valence-corrected chi connectivity index (χ1v) is 7.73. The van der Waals surface area contributed by atoms with E-state index in [2.05, 4.69) is 18.0 Å². The third-order valence-electron chi connectivity index (χ3n) is 3.04. The van der Waals surface area contributed by atoms with Crippen molar-refractivity contribution >= 4 is 11.8 Å². The van der Waals surface area contributed by atoms with Crippen LogP contribution in [0, 0.1) is 5.82 Å². The molecule has 0 saturated carbocycles. The zero-order chi connectivity index (χ0) is 14.4. The van der Waals surface area contributed by atoms with Gasteiger partial charge in [-0.25, -0.2) is 4.39 Å². The molecule has 1 aromatic carbocycles. The minimum atomic E-state index is -0.209. The summed E-state index contributed by atoms with van der Waals surface area (Å²) in [5, 5.41) is 0. The monoisotopic (exact) mass is 290 g/mol. The third kappa shape index (κ3) is 4.62. The highest BCUT2D eigenvalue weighted by Gasteiger charge is 2.06. The summed E-state index contributed by atoms with van der Waals surface area (Å²) < 4.78 is 12.8. The number of rotatable bonds is 6. The molecule has 2 nitrogen and oxygen atoms in total. The molecule has 2 rings (SSSR count). The van der Waals surface area contributed by atoms with Crippen LogP contribution in [0.2, 0.25) is 0 Å². The Bertz CT molecular complexity index is 525. The van der Waals surface area contributed by atoms with E-state index in [1.165, 1.54) is 17.7 Å². The van der Waals surface area contributed by atoms with Crippen LogP contribution in [0.5, 0.6) is 0 Å². The molecule has 2 N–H and O–H groups in total. The van der Waals surface area contributed by atoms with Crippen molar-refractivity contribution in [2.45, 2.75) is 30.7 Å². The van der Waals surface area contributed by atoms with Crippen LogP contribution in [-0.4, -0.2) is 16.8 Å². The lowest BCUT2D eigenvalue weighted by atomic mass is 10.1. The van der Waals surface area contributed by atoms with Crippen LogP contribution in [0.4, 0.5) is 4.39 Å². The molecule has 106 valence electrons. The molecule has 1 atom stereocenters. The summed E-state index contributed by atoms with van der Waals surface area (Å²) in [5.41, 5.74) is 8.38. The summed E-state index contributed by atoms with van der Waals surface area (Å²) in [6.45, 7) is 2.11. The molecule has 1 heterocycles. The largest absolute Gasteiger partial charge is 0.327 e. The molecular weight excluding hydrogens is 271 g/mol. The lowest BCUT2D eigenvalue weighted by molar-refractivity contribution is 0.626. The van der Waals surface area contributed by atoms with Gasteiger partial charge in [0.25, 0.3) is 0 Å². The Balaban J connectivity index is 1.82. The van der Waals surface area contributed by atoms with Gasteiger partial charge in [-0.05, 0) is 42.3 Å². The number of hydrogen-bond acceptors (Lipinski definition) is 3. The van der Waals surface area contributed by atoms with E-state index in [1.54, 1.807) is 23.9 Å². The van der Waals surface area contributed by atoms with Gasteiger partial charge in [-0.3, -0.25) is 4.98 Å². The molecule has 0 radical (unpaired) electrons. The molecule has 0 aliphatic carbocycles. The van der Waals surface area contributed by atoms with Crippen LogP contribution in [0.15, 0.2) is 47.5 Å². The van der Waals surface area contributed by atoms with Gasteiger partial charge in [-0.1, -0.05) is 13.0 Å². The molecule has 0 aliphatic rings. The quantitative estimate of drug-likeness (QED) is 0.828. The lowest BCUT2D eigenvalue weighted by Crippen LogP contribution is -2.26. The maximum atomic E-state index is 12.8. The fourth-order valence-corrected chi connectivity index (χ4v) is 2.70. The highest BCUT2D eigenvalue weighted by atomic mass is 32.2. The van der Waals surface area contributed by atoms with Crippen molar-refractivity contribution in [1.82, 2.24) is 4.98 Å². The first kappa shape index (κ1) is 15.0.